The second kappa shape index (κ2) is 10.8. The molecule has 0 fully saturated rings. The minimum absolute atomic E-state index is 0.274. The standard InChI is InChI=1S/C24H26ClNO3/c1-2-3-4-5-6-7-16-28-21-14-8-18(9-15-21)17-22-24(27)29-23(26-22)19-10-12-20(25)13-11-19/h8-15,17H,2-7,16H2,1H3/b22-17-. The van der Waals surface area contributed by atoms with Crippen molar-refractivity contribution in [2.75, 3.05) is 6.61 Å². The highest BCUT2D eigenvalue weighted by Crippen LogP contribution is 2.21. The zero-order chi connectivity index (χ0) is 20.5. The van der Waals surface area contributed by atoms with Gasteiger partial charge in [-0.1, -0.05) is 62.8 Å². The third kappa shape index (κ3) is 6.47. The van der Waals surface area contributed by atoms with E-state index in [1.54, 1.807) is 30.3 Å². The van der Waals surface area contributed by atoms with Crippen molar-refractivity contribution in [3.05, 3.63) is 70.4 Å². The first kappa shape index (κ1) is 21.1. The lowest BCUT2D eigenvalue weighted by molar-refractivity contribution is -0.129. The molecule has 2 aromatic rings. The predicted octanol–water partition coefficient (Wildman–Crippen LogP) is 6.42. The molecule has 0 spiro atoms. The molecule has 2 aromatic carbocycles. The summed E-state index contributed by atoms with van der Waals surface area (Å²) in [7, 11) is 0. The first-order valence-electron chi connectivity index (χ1n) is 10.2. The van der Waals surface area contributed by atoms with Crippen molar-refractivity contribution < 1.29 is 14.3 Å². The minimum atomic E-state index is -0.460. The molecule has 5 heteroatoms. The SMILES string of the molecule is CCCCCCCCOc1ccc(/C=C2\N=C(c3ccc(Cl)cc3)OC2=O)cc1. The first-order valence-corrected chi connectivity index (χ1v) is 10.5. The van der Waals surface area contributed by atoms with E-state index in [0.717, 1.165) is 24.3 Å². The second-order valence-electron chi connectivity index (χ2n) is 7.03. The van der Waals surface area contributed by atoms with Crippen molar-refractivity contribution in [1.29, 1.82) is 0 Å². The number of benzene rings is 2. The Kier molecular flexibility index (Phi) is 7.88. The monoisotopic (exact) mass is 411 g/mol. The van der Waals surface area contributed by atoms with Gasteiger partial charge in [-0.05, 0) is 54.5 Å². The van der Waals surface area contributed by atoms with E-state index in [1.165, 1.54) is 32.1 Å². The molecule has 0 unspecified atom stereocenters. The van der Waals surface area contributed by atoms with Gasteiger partial charge < -0.3 is 9.47 Å². The van der Waals surface area contributed by atoms with E-state index in [2.05, 4.69) is 11.9 Å². The number of cyclic esters (lactones) is 1. The Bertz CT molecular complexity index is 870. The zero-order valence-corrected chi connectivity index (χ0v) is 17.5. The summed E-state index contributed by atoms with van der Waals surface area (Å²) >= 11 is 5.89. The Morgan fingerprint density at radius 1 is 0.966 bits per heavy atom. The smallest absolute Gasteiger partial charge is 0.363 e. The highest BCUT2D eigenvalue weighted by molar-refractivity contribution is 6.30. The molecule has 152 valence electrons. The third-order valence-electron chi connectivity index (χ3n) is 4.66. The second-order valence-corrected chi connectivity index (χ2v) is 7.46. The van der Waals surface area contributed by atoms with Crippen LogP contribution in [0.25, 0.3) is 6.08 Å². The number of nitrogens with zero attached hydrogens (tertiary/aromatic N) is 1. The minimum Gasteiger partial charge on any atom is -0.494 e. The molecule has 4 nitrogen and oxygen atoms in total. The largest absolute Gasteiger partial charge is 0.494 e. The fourth-order valence-corrected chi connectivity index (χ4v) is 3.14. The van der Waals surface area contributed by atoms with Gasteiger partial charge in [0.05, 0.1) is 6.61 Å². The summed E-state index contributed by atoms with van der Waals surface area (Å²) in [4.78, 5) is 16.4. The summed E-state index contributed by atoms with van der Waals surface area (Å²) in [5.74, 6) is 0.662. The summed E-state index contributed by atoms with van der Waals surface area (Å²) in [6.07, 6.45) is 9.16. The molecule has 0 bridgehead atoms. The van der Waals surface area contributed by atoms with Gasteiger partial charge in [0.2, 0.25) is 5.90 Å². The lowest BCUT2D eigenvalue weighted by Crippen LogP contribution is -2.05. The number of aliphatic imine (C=N–C) groups is 1. The summed E-state index contributed by atoms with van der Waals surface area (Å²) in [5.41, 5.74) is 1.85. The van der Waals surface area contributed by atoms with Crippen LogP contribution in [0.5, 0.6) is 5.75 Å². The van der Waals surface area contributed by atoms with Gasteiger partial charge in [0.25, 0.3) is 0 Å². The Labute approximate surface area is 177 Å². The van der Waals surface area contributed by atoms with Gasteiger partial charge in [0.1, 0.15) is 5.75 Å². The fraction of sp³-hybridized carbons (Fsp3) is 0.333. The predicted molar refractivity (Wildman–Crippen MR) is 117 cm³/mol. The number of carbonyl (C=O) groups excluding carboxylic acids is 1. The van der Waals surface area contributed by atoms with Gasteiger partial charge in [-0.15, -0.1) is 0 Å². The van der Waals surface area contributed by atoms with Crippen molar-refractivity contribution in [2.24, 2.45) is 4.99 Å². The molecule has 0 radical (unpaired) electrons. The van der Waals surface area contributed by atoms with Crippen LogP contribution in [-0.4, -0.2) is 18.5 Å². The van der Waals surface area contributed by atoms with E-state index in [9.17, 15) is 4.79 Å². The highest BCUT2D eigenvalue weighted by Gasteiger charge is 2.24. The normalized spacial score (nSPS) is 14.8. The van der Waals surface area contributed by atoms with Crippen molar-refractivity contribution in [2.45, 2.75) is 45.4 Å². The molecular formula is C24H26ClNO3. The van der Waals surface area contributed by atoms with E-state index in [1.807, 2.05) is 24.3 Å². The molecule has 0 atom stereocenters. The summed E-state index contributed by atoms with van der Waals surface area (Å²) in [5, 5.41) is 0.619. The molecular weight excluding hydrogens is 386 g/mol. The van der Waals surface area contributed by atoms with Crippen molar-refractivity contribution >= 4 is 29.5 Å². The number of halogens is 1. The average Bonchev–Trinajstić information content (AvgIpc) is 3.09. The van der Waals surface area contributed by atoms with E-state index in [-0.39, 0.29) is 11.6 Å². The van der Waals surface area contributed by atoms with Crippen molar-refractivity contribution in [1.82, 2.24) is 0 Å². The number of unbranched alkanes of at least 4 members (excludes halogenated alkanes) is 5. The van der Waals surface area contributed by atoms with Crippen LogP contribution in [0.4, 0.5) is 0 Å². The summed E-state index contributed by atoms with van der Waals surface area (Å²) in [6, 6.07) is 14.7. The zero-order valence-electron chi connectivity index (χ0n) is 16.7. The maximum Gasteiger partial charge on any atom is 0.363 e. The average molecular weight is 412 g/mol. The first-order chi connectivity index (χ1) is 14.2. The van der Waals surface area contributed by atoms with Crippen LogP contribution in [0.2, 0.25) is 5.02 Å². The maximum absolute atomic E-state index is 12.1. The van der Waals surface area contributed by atoms with Gasteiger partial charge in [-0.2, -0.15) is 0 Å². The van der Waals surface area contributed by atoms with Crippen LogP contribution in [0.15, 0.2) is 59.2 Å². The van der Waals surface area contributed by atoms with Crippen LogP contribution in [0.1, 0.15) is 56.6 Å². The molecule has 0 amide bonds. The number of ether oxygens (including phenoxy) is 2. The molecule has 0 N–H and O–H groups in total. The lowest BCUT2D eigenvalue weighted by atomic mass is 10.1. The summed E-state index contributed by atoms with van der Waals surface area (Å²) in [6.45, 7) is 2.96. The van der Waals surface area contributed by atoms with Crippen molar-refractivity contribution in [3.8, 4) is 5.75 Å². The highest BCUT2D eigenvalue weighted by atomic mass is 35.5. The van der Waals surface area contributed by atoms with Gasteiger partial charge in [-0.25, -0.2) is 9.79 Å². The number of rotatable bonds is 10. The number of carbonyl (C=O) groups is 1. The summed E-state index contributed by atoms with van der Waals surface area (Å²) < 4.78 is 11.1. The van der Waals surface area contributed by atoms with Gasteiger partial charge in [0, 0.05) is 10.6 Å². The lowest BCUT2D eigenvalue weighted by Gasteiger charge is -2.06. The Hall–Kier alpha value is -2.59. The van der Waals surface area contributed by atoms with E-state index < -0.39 is 5.97 Å². The van der Waals surface area contributed by atoms with E-state index in [0.29, 0.717) is 10.6 Å². The molecule has 0 aliphatic carbocycles. The van der Waals surface area contributed by atoms with Gasteiger partial charge in [-0.3, -0.25) is 0 Å². The third-order valence-corrected chi connectivity index (χ3v) is 4.91. The fourth-order valence-electron chi connectivity index (χ4n) is 3.02. The number of esters is 1. The van der Waals surface area contributed by atoms with Crippen LogP contribution < -0.4 is 4.74 Å². The molecule has 0 saturated carbocycles. The molecule has 1 aliphatic rings. The Morgan fingerprint density at radius 2 is 1.66 bits per heavy atom. The van der Waals surface area contributed by atoms with Crippen LogP contribution in [-0.2, 0) is 9.53 Å². The Morgan fingerprint density at radius 3 is 2.38 bits per heavy atom. The topological polar surface area (TPSA) is 47.9 Å². The van der Waals surface area contributed by atoms with Crippen LogP contribution >= 0.6 is 11.6 Å². The molecule has 1 heterocycles. The van der Waals surface area contributed by atoms with E-state index in [4.69, 9.17) is 21.1 Å². The van der Waals surface area contributed by atoms with Crippen LogP contribution in [0, 0.1) is 0 Å². The molecule has 29 heavy (non-hydrogen) atoms. The van der Waals surface area contributed by atoms with Gasteiger partial charge >= 0.3 is 5.97 Å². The van der Waals surface area contributed by atoms with Crippen LogP contribution in [0.3, 0.4) is 0 Å². The van der Waals surface area contributed by atoms with E-state index >= 15 is 0 Å². The quantitative estimate of drug-likeness (QED) is 0.257. The molecule has 3 rings (SSSR count). The maximum atomic E-state index is 12.1. The molecule has 1 aliphatic heterocycles. The Balaban J connectivity index is 1.53. The molecule has 0 aromatic heterocycles. The number of hydrogen-bond acceptors (Lipinski definition) is 4. The molecule has 0 saturated heterocycles. The number of hydrogen-bond donors (Lipinski definition) is 0. The van der Waals surface area contributed by atoms with Crippen molar-refractivity contribution in [3.63, 3.8) is 0 Å². The van der Waals surface area contributed by atoms with Gasteiger partial charge in [0.15, 0.2) is 5.70 Å².